The van der Waals surface area contributed by atoms with Gasteiger partial charge in [-0.15, -0.1) is 0 Å². The summed E-state index contributed by atoms with van der Waals surface area (Å²) < 4.78 is 54.5. The summed E-state index contributed by atoms with van der Waals surface area (Å²) in [4.78, 5) is 18.1. The Kier molecular flexibility index (Phi) is 9.69. The number of hydrogen-bond acceptors (Lipinski definition) is 5. The molecule has 1 aromatic heterocycles. The molecule has 0 amide bonds. The monoisotopic (exact) mass is 767 g/mol. The first kappa shape index (κ1) is 32.0. The molecule has 0 aliphatic rings. The molecule has 4 aromatic carbocycles. The van der Waals surface area contributed by atoms with Crippen molar-refractivity contribution in [2.45, 2.75) is 19.7 Å². The largest absolute Gasteiger partial charge is 0.490 e. The molecular weight excluding hydrogens is 750 g/mol. The van der Waals surface area contributed by atoms with Gasteiger partial charge in [0.1, 0.15) is 6.61 Å². The van der Waals surface area contributed by atoms with Gasteiger partial charge >= 0.3 is 6.18 Å². The molecule has 5 rings (SSSR count). The van der Waals surface area contributed by atoms with Crippen molar-refractivity contribution in [3.63, 3.8) is 0 Å². The summed E-state index contributed by atoms with van der Waals surface area (Å²) in [7, 11) is 0. The van der Waals surface area contributed by atoms with Crippen LogP contribution in [-0.2, 0) is 12.8 Å². The lowest BCUT2D eigenvalue weighted by Crippen LogP contribution is -2.20. The summed E-state index contributed by atoms with van der Waals surface area (Å²) in [6.45, 7) is 2.30. The smallest absolute Gasteiger partial charge is 0.416 e. The van der Waals surface area contributed by atoms with Crippen LogP contribution < -0.4 is 15.0 Å². The lowest BCUT2D eigenvalue weighted by atomic mass is 10.1. The minimum Gasteiger partial charge on any atom is -0.490 e. The van der Waals surface area contributed by atoms with E-state index in [1.807, 2.05) is 6.92 Å². The van der Waals surface area contributed by atoms with Gasteiger partial charge in [0.25, 0.3) is 5.56 Å². The lowest BCUT2D eigenvalue weighted by Gasteiger charge is -2.17. The Hall–Kier alpha value is -3.38. The summed E-state index contributed by atoms with van der Waals surface area (Å²) in [6, 6.07) is 17.9. The normalized spacial score (nSPS) is 11.8. The van der Waals surface area contributed by atoms with Crippen LogP contribution in [0, 0.1) is 0 Å². The highest BCUT2D eigenvalue weighted by Crippen LogP contribution is 2.43. The Morgan fingerprint density at radius 1 is 0.955 bits per heavy atom. The van der Waals surface area contributed by atoms with Crippen LogP contribution in [0.15, 0.2) is 91.6 Å². The van der Waals surface area contributed by atoms with Gasteiger partial charge in [-0.3, -0.25) is 4.79 Å². The minimum atomic E-state index is -4.59. The standard InChI is InChI=1S/C31H20Br2Cl2F3N3O3/c1-2-43-25-14-19(26(32)27(33)28(25)44-16-17-10-11-22(34)23(35)12-17)15-39-41-29(18-6-5-7-20(13-18)31(36,37)38)40-24-9-4-3-8-21(24)30(41)42/h3-15H,2,16H2,1H3. The van der Waals surface area contributed by atoms with Gasteiger partial charge in [-0.25, -0.2) is 4.98 Å². The van der Waals surface area contributed by atoms with Gasteiger partial charge in [0.2, 0.25) is 0 Å². The van der Waals surface area contributed by atoms with Crippen LogP contribution in [0.2, 0.25) is 10.0 Å². The molecule has 0 atom stereocenters. The number of halogens is 7. The molecule has 0 saturated heterocycles. The van der Waals surface area contributed by atoms with Crippen LogP contribution in [0.1, 0.15) is 23.6 Å². The molecule has 13 heteroatoms. The van der Waals surface area contributed by atoms with Crippen molar-refractivity contribution in [2.24, 2.45) is 5.10 Å². The molecule has 226 valence electrons. The number of ether oxygens (including phenoxy) is 2. The molecule has 44 heavy (non-hydrogen) atoms. The van der Waals surface area contributed by atoms with Gasteiger partial charge in [-0.05, 0) is 86.8 Å². The number of benzene rings is 4. The maximum absolute atomic E-state index is 13.6. The minimum absolute atomic E-state index is 0.0575. The van der Waals surface area contributed by atoms with E-state index in [9.17, 15) is 18.0 Å². The van der Waals surface area contributed by atoms with Gasteiger partial charge in [0, 0.05) is 15.6 Å². The average molecular weight is 770 g/mol. The fourth-order valence-electron chi connectivity index (χ4n) is 4.25. The molecular formula is C31H20Br2Cl2F3N3O3. The highest BCUT2D eigenvalue weighted by atomic mass is 79.9. The van der Waals surface area contributed by atoms with Gasteiger partial charge in [0.05, 0.1) is 43.8 Å². The number of hydrogen-bond donors (Lipinski definition) is 0. The quantitative estimate of drug-likeness (QED) is 0.148. The molecule has 6 nitrogen and oxygen atoms in total. The Labute approximate surface area is 276 Å². The third-order valence-corrected chi connectivity index (χ3v) is 9.22. The topological polar surface area (TPSA) is 65.7 Å². The van der Waals surface area contributed by atoms with E-state index in [-0.39, 0.29) is 23.4 Å². The Bertz CT molecular complexity index is 1970. The molecule has 0 bridgehead atoms. The van der Waals surface area contributed by atoms with E-state index >= 15 is 0 Å². The average Bonchev–Trinajstić information content (AvgIpc) is 3.00. The zero-order valence-electron chi connectivity index (χ0n) is 22.6. The first-order valence-corrected chi connectivity index (χ1v) is 15.3. The number of nitrogens with zero attached hydrogens (tertiary/aromatic N) is 3. The predicted octanol–water partition coefficient (Wildman–Crippen LogP) is 9.77. The second-order valence-corrected chi connectivity index (χ2v) is 11.7. The first-order valence-electron chi connectivity index (χ1n) is 12.9. The lowest BCUT2D eigenvalue weighted by molar-refractivity contribution is -0.137. The fraction of sp³-hybridized carbons (Fsp3) is 0.129. The zero-order valence-corrected chi connectivity index (χ0v) is 27.3. The molecule has 0 spiro atoms. The van der Waals surface area contributed by atoms with Gasteiger partial charge in [-0.2, -0.15) is 22.9 Å². The van der Waals surface area contributed by atoms with Crippen molar-refractivity contribution in [1.29, 1.82) is 0 Å². The molecule has 0 radical (unpaired) electrons. The summed E-state index contributed by atoms with van der Waals surface area (Å²) in [5, 5.41) is 5.47. The van der Waals surface area contributed by atoms with Gasteiger partial charge in [0.15, 0.2) is 17.3 Å². The Balaban J connectivity index is 1.59. The highest BCUT2D eigenvalue weighted by Gasteiger charge is 2.31. The van der Waals surface area contributed by atoms with Crippen molar-refractivity contribution in [3.05, 3.63) is 119 Å². The van der Waals surface area contributed by atoms with Crippen LogP contribution >= 0.6 is 55.1 Å². The summed E-state index contributed by atoms with van der Waals surface area (Å²) in [5.41, 5.74) is 0.222. The molecule has 0 N–H and O–H groups in total. The number of alkyl halides is 3. The molecule has 0 aliphatic carbocycles. The van der Waals surface area contributed by atoms with E-state index in [1.54, 1.807) is 48.5 Å². The second-order valence-electron chi connectivity index (χ2n) is 9.28. The van der Waals surface area contributed by atoms with Crippen molar-refractivity contribution in [2.75, 3.05) is 6.61 Å². The van der Waals surface area contributed by atoms with E-state index in [0.29, 0.717) is 48.2 Å². The molecule has 0 unspecified atom stereocenters. The van der Waals surface area contributed by atoms with E-state index in [4.69, 9.17) is 32.7 Å². The number of fused-ring (bicyclic) bond motifs is 1. The first-order chi connectivity index (χ1) is 21.0. The molecule has 1 heterocycles. The SMILES string of the molecule is CCOc1cc(C=Nn2c(-c3cccc(C(F)(F)F)c3)nc3ccccc3c2=O)c(Br)c(Br)c1OCc1ccc(Cl)c(Cl)c1. The summed E-state index contributed by atoms with van der Waals surface area (Å²) >= 11 is 19.3. The third kappa shape index (κ3) is 6.81. The van der Waals surface area contributed by atoms with Crippen molar-refractivity contribution < 1.29 is 22.6 Å². The van der Waals surface area contributed by atoms with Crippen LogP contribution in [-0.4, -0.2) is 22.5 Å². The summed E-state index contributed by atoms with van der Waals surface area (Å²) in [5.74, 6) is 0.722. The number of para-hydroxylation sites is 1. The Morgan fingerprint density at radius 3 is 2.45 bits per heavy atom. The predicted molar refractivity (Wildman–Crippen MR) is 173 cm³/mol. The molecule has 5 aromatic rings. The number of aromatic nitrogens is 2. The zero-order chi connectivity index (χ0) is 31.6. The number of rotatable bonds is 8. The van der Waals surface area contributed by atoms with Crippen LogP contribution in [0.4, 0.5) is 13.2 Å². The van der Waals surface area contributed by atoms with E-state index < -0.39 is 17.3 Å². The van der Waals surface area contributed by atoms with Crippen molar-refractivity contribution >= 4 is 72.2 Å². The fourth-order valence-corrected chi connectivity index (χ4v) is 5.51. The van der Waals surface area contributed by atoms with Gasteiger partial charge in [-0.1, -0.05) is 53.5 Å². The van der Waals surface area contributed by atoms with Crippen LogP contribution in [0.5, 0.6) is 11.5 Å². The molecule has 0 saturated carbocycles. The maximum atomic E-state index is 13.6. The van der Waals surface area contributed by atoms with Crippen LogP contribution in [0.25, 0.3) is 22.3 Å². The third-order valence-electron chi connectivity index (χ3n) is 6.34. The van der Waals surface area contributed by atoms with Gasteiger partial charge < -0.3 is 9.47 Å². The highest BCUT2D eigenvalue weighted by molar-refractivity contribution is 9.13. The van der Waals surface area contributed by atoms with E-state index in [2.05, 4.69) is 41.9 Å². The van der Waals surface area contributed by atoms with Crippen LogP contribution in [0.3, 0.4) is 0 Å². The van der Waals surface area contributed by atoms with E-state index in [0.717, 1.165) is 22.4 Å². The maximum Gasteiger partial charge on any atom is 0.416 e. The van der Waals surface area contributed by atoms with Crippen molar-refractivity contribution in [3.8, 4) is 22.9 Å². The molecule has 0 fully saturated rings. The second kappa shape index (κ2) is 13.3. The van der Waals surface area contributed by atoms with Crippen molar-refractivity contribution in [1.82, 2.24) is 9.66 Å². The Morgan fingerprint density at radius 2 is 1.73 bits per heavy atom. The summed E-state index contributed by atoms with van der Waals surface area (Å²) in [6.07, 6.45) is -3.20. The molecule has 0 aliphatic heterocycles. The van der Waals surface area contributed by atoms with E-state index in [1.165, 1.54) is 18.3 Å².